The summed E-state index contributed by atoms with van der Waals surface area (Å²) in [5.41, 5.74) is 5.70. The Morgan fingerprint density at radius 2 is 1.95 bits per heavy atom. The monoisotopic (exact) mass is 265 g/mol. The van der Waals surface area contributed by atoms with Gasteiger partial charge in [0.2, 0.25) is 0 Å². The molecule has 0 saturated heterocycles. The van der Waals surface area contributed by atoms with Crippen molar-refractivity contribution >= 4 is 21.4 Å². The predicted octanol–water partition coefficient (Wildman–Crippen LogP) is 4.21. The van der Waals surface area contributed by atoms with Crippen LogP contribution in [0, 0.1) is 0 Å². The van der Waals surface area contributed by atoms with E-state index in [0.29, 0.717) is 0 Å². The van der Waals surface area contributed by atoms with Crippen molar-refractivity contribution in [2.24, 2.45) is 0 Å². The fourth-order valence-corrected chi connectivity index (χ4v) is 3.82. The first-order valence-electron chi connectivity index (χ1n) is 6.71. The van der Waals surface area contributed by atoms with E-state index < -0.39 is 0 Å². The summed E-state index contributed by atoms with van der Waals surface area (Å²) in [4.78, 5) is 0. The molecule has 3 aromatic rings. The van der Waals surface area contributed by atoms with Gasteiger partial charge in [-0.1, -0.05) is 36.4 Å². The van der Waals surface area contributed by atoms with E-state index in [-0.39, 0.29) is 0 Å². The molecule has 2 heteroatoms. The van der Waals surface area contributed by atoms with E-state index in [2.05, 4.69) is 53.2 Å². The predicted molar refractivity (Wildman–Crippen MR) is 82.7 cm³/mol. The van der Waals surface area contributed by atoms with E-state index in [1.807, 2.05) is 11.3 Å². The minimum atomic E-state index is 1.01. The first-order chi connectivity index (χ1) is 9.42. The van der Waals surface area contributed by atoms with Gasteiger partial charge in [0.15, 0.2) is 0 Å². The Bertz CT molecular complexity index is 742. The van der Waals surface area contributed by atoms with Crippen LogP contribution in [-0.4, -0.2) is 6.54 Å². The van der Waals surface area contributed by atoms with E-state index in [1.165, 1.54) is 32.3 Å². The first kappa shape index (κ1) is 11.2. The summed E-state index contributed by atoms with van der Waals surface area (Å²) >= 11 is 1.83. The average molecular weight is 265 g/mol. The second kappa shape index (κ2) is 4.48. The minimum Gasteiger partial charge on any atom is -0.312 e. The van der Waals surface area contributed by atoms with Gasteiger partial charge in [0.05, 0.1) is 0 Å². The van der Waals surface area contributed by atoms with Gasteiger partial charge in [-0.2, -0.15) is 0 Å². The Kier molecular flexibility index (Phi) is 2.64. The lowest BCUT2D eigenvalue weighted by Crippen LogP contribution is -2.23. The van der Waals surface area contributed by atoms with Crippen molar-refractivity contribution in [3.8, 4) is 11.1 Å². The van der Waals surface area contributed by atoms with Gasteiger partial charge in [-0.25, -0.2) is 0 Å². The van der Waals surface area contributed by atoms with Crippen LogP contribution in [0.25, 0.3) is 21.2 Å². The molecule has 0 bridgehead atoms. The van der Waals surface area contributed by atoms with Crippen molar-refractivity contribution in [2.75, 3.05) is 6.54 Å². The Labute approximate surface area is 116 Å². The molecule has 1 nitrogen and oxygen atoms in total. The molecule has 1 aliphatic heterocycles. The van der Waals surface area contributed by atoms with Crippen molar-refractivity contribution in [3.63, 3.8) is 0 Å². The Morgan fingerprint density at radius 1 is 1.00 bits per heavy atom. The van der Waals surface area contributed by atoms with Gasteiger partial charge >= 0.3 is 0 Å². The van der Waals surface area contributed by atoms with Gasteiger partial charge in [0.25, 0.3) is 0 Å². The third-order valence-electron chi connectivity index (χ3n) is 3.88. The van der Waals surface area contributed by atoms with E-state index in [0.717, 1.165) is 19.5 Å². The third-order valence-corrected chi connectivity index (χ3v) is 4.85. The Morgan fingerprint density at radius 3 is 2.95 bits per heavy atom. The van der Waals surface area contributed by atoms with Crippen LogP contribution in [0.3, 0.4) is 0 Å². The lowest BCUT2D eigenvalue weighted by atomic mass is 9.95. The second-order valence-electron chi connectivity index (χ2n) is 5.06. The molecule has 0 atom stereocenters. The highest BCUT2D eigenvalue weighted by atomic mass is 32.1. The molecule has 4 rings (SSSR count). The SMILES string of the molecule is c1ccc2c(-c3ccc4c(c3)CCNC4)csc2c1. The number of hydrogen-bond donors (Lipinski definition) is 1. The van der Waals surface area contributed by atoms with Crippen LogP contribution in [0.5, 0.6) is 0 Å². The zero-order valence-corrected chi connectivity index (χ0v) is 11.5. The van der Waals surface area contributed by atoms with E-state index in [4.69, 9.17) is 0 Å². The highest BCUT2D eigenvalue weighted by molar-refractivity contribution is 7.17. The van der Waals surface area contributed by atoms with Crippen LogP contribution in [0.4, 0.5) is 0 Å². The van der Waals surface area contributed by atoms with Crippen LogP contribution in [-0.2, 0) is 13.0 Å². The molecule has 1 aromatic heterocycles. The maximum Gasteiger partial charge on any atom is 0.0349 e. The van der Waals surface area contributed by atoms with Crippen molar-refractivity contribution in [1.82, 2.24) is 5.32 Å². The van der Waals surface area contributed by atoms with Crippen molar-refractivity contribution in [3.05, 3.63) is 59.0 Å². The van der Waals surface area contributed by atoms with E-state index in [1.54, 1.807) is 0 Å². The van der Waals surface area contributed by atoms with E-state index in [9.17, 15) is 0 Å². The van der Waals surface area contributed by atoms with Gasteiger partial charge in [-0.15, -0.1) is 11.3 Å². The summed E-state index contributed by atoms with van der Waals surface area (Å²) in [6.07, 6.45) is 1.14. The normalized spacial score (nSPS) is 14.5. The van der Waals surface area contributed by atoms with Crippen LogP contribution in [0.2, 0.25) is 0 Å². The molecule has 0 amide bonds. The molecule has 0 unspecified atom stereocenters. The van der Waals surface area contributed by atoms with E-state index >= 15 is 0 Å². The molecule has 0 aliphatic carbocycles. The summed E-state index contributed by atoms with van der Waals surface area (Å²) in [6, 6.07) is 15.6. The lowest BCUT2D eigenvalue weighted by molar-refractivity contribution is 0.644. The zero-order chi connectivity index (χ0) is 12.7. The quantitative estimate of drug-likeness (QED) is 0.695. The number of hydrogen-bond acceptors (Lipinski definition) is 2. The largest absolute Gasteiger partial charge is 0.312 e. The average Bonchev–Trinajstić information content (AvgIpc) is 2.91. The minimum absolute atomic E-state index is 1.01. The van der Waals surface area contributed by atoms with Crippen LogP contribution in [0.1, 0.15) is 11.1 Å². The first-order valence-corrected chi connectivity index (χ1v) is 7.59. The zero-order valence-electron chi connectivity index (χ0n) is 10.6. The molecule has 0 fully saturated rings. The Balaban J connectivity index is 1.88. The molecule has 0 saturated carbocycles. The molecular weight excluding hydrogens is 250 g/mol. The topological polar surface area (TPSA) is 12.0 Å². The standard InChI is InChI=1S/C17H15NS/c1-2-4-17-15(3-1)16(11-19-17)13-5-6-14-10-18-8-7-12(14)9-13/h1-6,9,11,18H,7-8,10H2. The number of thiophene rings is 1. The summed E-state index contributed by atoms with van der Waals surface area (Å²) < 4.78 is 1.37. The van der Waals surface area contributed by atoms with Gasteiger partial charge in [0.1, 0.15) is 0 Å². The van der Waals surface area contributed by atoms with Crippen molar-refractivity contribution in [1.29, 1.82) is 0 Å². The maximum absolute atomic E-state index is 3.43. The maximum atomic E-state index is 3.43. The smallest absolute Gasteiger partial charge is 0.0349 e. The van der Waals surface area contributed by atoms with Gasteiger partial charge < -0.3 is 5.32 Å². The molecular formula is C17H15NS. The van der Waals surface area contributed by atoms with Crippen LogP contribution < -0.4 is 5.32 Å². The highest BCUT2D eigenvalue weighted by Crippen LogP contribution is 2.34. The number of nitrogens with one attached hydrogen (secondary N) is 1. The summed E-state index contributed by atoms with van der Waals surface area (Å²) in [5, 5.41) is 7.09. The summed E-state index contributed by atoms with van der Waals surface area (Å²) in [7, 11) is 0. The molecule has 0 spiro atoms. The molecule has 2 aromatic carbocycles. The van der Waals surface area contributed by atoms with Crippen molar-refractivity contribution < 1.29 is 0 Å². The number of benzene rings is 2. The van der Waals surface area contributed by atoms with Crippen LogP contribution >= 0.6 is 11.3 Å². The van der Waals surface area contributed by atoms with Gasteiger partial charge in [-0.05, 0) is 41.1 Å². The second-order valence-corrected chi connectivity index (χ2v) is 5.97. The molecule has 2 heterocycles. The number of fused-ring (bicyclic) bond motifs is 2. The number of rotatable bonds is 1. The highest BCUT2D eigenvalue weighted by Gasteiger charge is 2.11. The van der Waals surface area contributed by atoms with Crippen LogP contribution in [0.15, 0.2) is 47.8 Å². The summed E-state index contributed by atoms with van der Waals surface area (Å²) in [6.45, 7) is 2.11. The fourth-order valence-electron chi connectivity index (χ4n) is 2.85. The molecule has 94 valence electrons. The fraction of sp³-hybridized carbons (Fsp3) is 0.176. The van der Waals surface area contributed by atoms with Gasteiger partial charge in [-0.3, -0.25) is 0 Å². The third kappa shape index (κ3) is 1.88. The molecule has 0 radical (unpaired) electrons. The lowest BCUT2D eigenvalue weighted by Gasteiger charge is -2.17. The molecule has 1 N–H and O–H groups in total. The Hall–Kier alpha value is -1.64. The van der Waals surface area contributed by atoms with Crippen molar-refractivity contribution in [2.45, 2.75) is 13.0 Å². The summed E-state index contributed by atoms with van der Waals surface area (Å²) in [5.74, 6) is 0. The molecule has 1 aliphatic rings. The molecule has 19 heavy (non-hydrogen) atoms. The van der Waals surface area contributed by atoms with Gasteiger partial charge in [0, 0.05) is 22.2 Å².